The number of furan rings is 1. The number of methoxy groups -OCH3 is 1. The average molecular weight is 375 g/mol. The molecule has 2 heterocycles. The van der Waals surface area contributed by atoms with Crippen LogP contribution >= 0.6 is 0 Å². The number of benzene rings is 2. The fraction of sp³-hybridized carbons (Fsp3) is 0.182. The van der Waals surface area contributed by atoms with Gasteiger partial charge in [-0.3, -0.25) is 4.79 Å². The maximum atomic E-state index is 12.4. The van der Waals surface area contributed by atoms with Gasteiger partial charge in [0.25, 0.3) is 5.91 Å². The summed E-state index contributed by atoms with van der Waals surface area (Å²) in [6, 6.07) is 19.1. The first kappa shape index (κ1) is 17.9. The van der Waals surface area contributed by atoms with Crippen molar-refractivity contribution in [1.29, 1.82) is 0 Å². The van der Waals surface area contributed by atoms with Crippen LogP contribution < -0.4 is 10.1 Å². The smallest absolute Gasteiger partial charge is 0.287 e. The molecule has 0 saturated carbocycles. The summed E-state index contributed by atoms with van der Waals surface area (Å²) in [6.45, 7) is 2.89. The predicted molar refractivity (Wildman–Crippen MR) is 106 cm³/mol. The van der Waals surface area contributed by atoms with Crippen LogP contribution in [0.25, 0.3) is 11.0 Å². The molecule has 4 rings (SSSR count). The number of amides is 1. The molecule has 28 heavy (non-hydrogen) atoms. The first-order chi connectivity index (χ1) is 13.6. The zero-order valence-corrected chi connectivity index (χ0v) is 15.8. The van der Waals surface area contributed by atoms with Gasteiger partial charge in [-0.1, -0.05) is 24.3 Å². The summed E-state index contributed by atoms with van der Waals surface area (Å²) in [7, 11) is 1.62. The Morgan fingerprint density at radius 2 is 2.00 bits per heavy atom. The van der Waals surface area contributed by atoms with E-state index in [1.54, 1.807) is 13.2 Å². The number of nitrogens with one attached hydrogen (secondary N) is 1. The van der Waals surface area contributed by atoms with E-state index in [2.05, 4.69) is 14.9 Å². The van der Waals surface area contributed by atoms with Crippen molar-refractivity contribution in [3.63, 3.8) is 0 Å². The highest BCUT2D eigenvalue weighted by Crippen LogP contribution is 2.19. The molecule has 1 N–H and O–H groups in total. The number of para-hydroxylation sites is 2. The Kier molecular flexibility index (Phi) is 4.85. The number of ether oxygens (including phenoxy) is 1. The molecular formula is C22H21N3O3. The van der Waals surface area contributed by atoms with Gasteiger partial charge in [0.1, 0.15) is 17.3 Å². The normalized spacial score (nSPS) is 10.9. The number of carbonyl (C=O) groups is 1. The quantitative estimate of drug-likeness (QED) is 0.554. The van der Waals surface area contributed by atoms with Crippen molar-refractivity contribution in [2.24, 2.45) is 0 Å². The molecule has 0 atom stereocenters. The number of aromatic nitrogens is 2. The summed E-state index contributed by atoms with van der Waals surface area (Å²) in [5, 5.41) is 2.87. The maximum absolute atomic E-state index is 12.4. The van der Waals surface area contributed by atoms with Crippen LogP contribution in [0.3, 0.4) is 0 Å². The van der Waals surface area contributed by atoms with Gasteiger partial charge in [-0.25, -0.2) is 4.98 Å². The van der Waals surface area contributed by atoms with Gasteiger partial charge >= 0.3 is 0 Å². The molecular weight excluding hydrogens is 354 g/mol. The van der Waals surface area contributed by atoms with Crippen LogP contribution in [-0.4, -0.2) is 22.6 Å². The lowest BCUT2D eigenvalue weighted by Gasteiger charge is -2.06. The van der Waals surface area contributed by atoms with Crippen molar-refractivity contribution < 1.29 is 13.9 Å². The van der Waals surface area contributed by atoms with Crippen LogP contribution in [0.5, 0.6) is 5.75 Å². The highest BCUT2D eigenvalue weighted by Gasteiger charge is 2.13. The molecule has 2 aromatic heterocycles. The Hall–Kier alpha value is -3.54. The molecule has 4 aromatic rings. The van der Waals surface area contributed by atoms with Gasteiger partial charge in [-0.05, 0) is 48.9 Å². The van der Waals surface area contributed by atoms with Crippen molar-refractivity contribution in [2.75, 3.05) is 7.11 Å². The molecule has 0 bridgehead atoms. The van der Waals surface area contributed by atoms with Crippen molar-refractivity contribution in [3.8, 4) is 5.75 Å². The highest BCUT2D eigenvalue weighted by atomic mass is 16.5. The molecule has 0 fully saturated rings. The molecule has 2 aromatic carbocycles. The standard InChI is InChI=1S/C22H21N3O3/c1-15-24-19-8-3-4-9-20(19)25(15)14-18-10-11-21(28-18)22(26)23-13-16-6-5-7-17(12-16)27-2/h3-12H,13-14H2,1-2H3,(H,23,26). The number of rotatable bonds is 6. The molecule has 0 aliphatic heterocycles. The first-order valence-electron chi connectivity index (χ1n) is 9.06. The predicted octanol–water partition coefficient (Wildman–Crippen LogP) is 3.92. The third-order valence-electron chi connectivity index (χ3n) is 4.63. The molecule has 0 radical (unpaired) electrons. The van der Waals surface area contributed by atoms with Crippen LogP contribution in [0.1, 0.15) is 27.7 Å². The second kappa shape index (κ2) is 7.60. The van der Waals surface area contributed by atoms with Gasteiger partial charge in [0.15, 0.2) is 5.76 Å². The fourth-order valence-corrected chi connectivity index (χ4v) is 3.19. The van der Waals surface area contributed by atoms with Gasteiger partial charge < -0.3 is 19.0 Å². The lowest BCUT2D eigenvalue weighted by atomic mass is 10.2. The van der Waals surface area contributed by atoms with Crippen LogP contribution in [-0.2, 0) is 13.1 Å². The number of carbonyl (C=O) groups excluding carboxylic acids is 1. The van der Waals surface area contributed by atoms with Crippen molar-refractivity contribution in [2.45, 2.75) is 20.0 Å². The van der Waals surface area contributed by atoms with Gasteiger partial charge in [0.2, 0.25) is 0 Å². The lowest BCUT2D eigenvalue weighted by molar-refractivity contribution is 0.0921. The molecule has 1 amide bonds. The molecule has 6 heteroatoms. The molecule has 142 valence electrons. The van der Waals surface area contributed by atoms with Crippen molar-refractivity contribution in [1.82, 2.24) is 14.9 Å². The number of imidazole rings is 1. The summed E-state index contributed by atoms with van der Waals surface area (Å²) in [4.78, 5) is 17.0. The van der Waals surface area contributed by atoms with Crippen molar-refractivity contribution in [3.05, 3.63) is 83.6 Å². The van der Waals surface area contributed by atoms with E-state index in [9.17, 15) is 4.79 Å². The number of aryl methyl sites for hydroxylation is 1. The summed E-state index contributed by atoms with van der Waals surface area (Å²) in [5.74, 6) is 2.41. The molecule has 0 saturated heterocycles. The summed E-state index contributed by atoms with van der Waals surface area (Å²) in [5.41, 5.74) is 2.95. The van der Waals surface area contributed by atoms with Crippen LogP contribution in [0.4, 0.5) is 0 Å². The Bertz CT molecular complexity index is 1130. The van der Waals surface area contributed by atoms with Gasteiger partial charge in [0, 0.05) is 6.54 Å². The lowest BCUT2D eigenvalue weighted by Crippen LogP contribution is -2.22. The molecule has 6 nitrogen and oxygen atoms in total. The SMILES string of the molecule is COc1cccc(CNC(=O)c2ccc(Cn3c(C)nc4ccccc43)o2)c1. The largest absolute Gasteiger partial charge is 0.497 e. The Morgan fingerprint density at radius 3 is 2.86 bits per heavy atom. The van der Waals surface area contributed by atoms with Crippen LogP contribution in [0.2, 0.25) is 0 Å². The summed E-state index contributed by atoms with van der Waals surface area (Å²) >= 11 is 0. The van der Waals surface area contributed by atoms with E-state index in [4.69, 9.17) is 9.15 Å². The third-order valence-corrected chi connectivity index (χ3v) is 4.63. The number of fused-ring (bicyclic) bond motifs is 1. The third kappa shape index (κ3) is 3.62. The van der Waals surface area contributed by atoms with E-state index < -0.39 is 0 Å². The monoisotopic (exact) mass is 375 g/mol. The Balaban J connectivity index is 1.45. The minimum atomic E-state index is -0.249. The molecule has 0 unspecified atom stereocenters. The van der Waals surface area contributed by atoms with E-state index in [0.717, 1.165) is 28.2 Å². The molecule has 0 spiro atoms. The van der Waals surface area contributed by atoms with Gasteiger partial charge in [-0.2, -0.15) is 0 Å². The topological polar surface area (TPSA) is 69.3 Å². The minimum absolute atomic E-state index is 0.249. The zero-order chi connectivity index (χ0) is 19.5. The summed E-state index contributed by atoms with van der Waals surface area (Å²) < 4.78 is 13.0. The van der Waals surface area contributed by atoms with E-state index in [1.165, 1.54) is 0 Å². The number of hydrogen-bond acceptors (Lipinski definition) is 4. The Labute approximate surface area is 162 Å². The average Bonchev–Trinajstić information content (AvgIpc) is 3.31. The van der Waals surface area contributed by atoms with Crippen molar-refractivity contribution >= 4 is 16.9 Å². The minimum Gasteiger partial charge on any atom is -0.497 e. The maximum Gasteiger partial charge on any atom is 0.287 e. The second-order valence-electron chi connectivity index (χ2n) is 6.53. The fourth-order valence-electron chi connectivity index (χ4n) is 3.19. The Morgan fingerprint density at radius 1 is 1.14 bits per heavy atom. The van der Waals surface area contributed by atoms with E-state index >= 15 is 0 Å². The highest BCUT2D eigenvalue weighted by molar-refractivity contribution is 5.91. The number of nitrogens with zero attached hydrogens (tertiary/aromatic N) is 2. The zero-order valence-electron chi connectivity index (χ0n) is 15.8. The summed E-state index contributed by atoms with van der Waals surface area (Å²) in [6.07, 6.45) is 0. The number of hydrogen-bond donors (Lipinski definition) is 1. The second-order valence-corrected chi connectivity index (χ2v) is 6.53. The van der Waals surface area contributed by atoms with E-state index in [0.29, 0.717) is 24.6 Å². The molecule has 0 aliphatic carbocycles. The van der Waals surface area contributed by atoms with Gasteiger partial charge in [-0.15, -0.1) is 0 Å². The molecule has 0 aliphatic rings. The van der Waals surface area contributed by atoms with Gasteiger partial charge in [0.05, 0.1) is 24.7 Å². The van der Waals surface area contributed by atoms with Crippen LogP contribution in [0.15, 0.2) is 65.1 Å². The first-order valence-corrected chi connectivity index (χ1v) is 9.06. The van der Waals surface area contributed by atoms with E-state index in [-0.39, 0.29) is 5.91 Å². The van der Waals surface area contributed by atoms with Crippen LogP contribution in [0, 0.1) is 6.92 Å². The van der Waals surface area contributed by atoms with E-state index in [1.807, 2.05) is 61.5 Å².